The van der Waals surface area contributed by atoms with Gasteiger partial charge in [0, 0.05) is 18.3 Å². The van der Waals surface area contributed by atoms with Crippen LogP contribution in [0.2, 0.25) is 0 Å². The van der Waals surface area contributed by atoms with E-state index in [-0.39, 0.29) is 17.9 Å². The van der Waals surface area contributed by atoms with Crippen molar-refractivity contribution in [2.45, 2.75) is 26.4 Å². The van der Waals surface area contributed by atoms with Gasteiger partial charge in [0.2, 0.25) is 0 Å². The Balaban J connectivity index is 1.72. The number of aromatic amines is 1. The minimum Gasteiger partial charge on any atom is -0.357 e. The number of amides is 1. The van der Waals surface area contributed by atoms with Gasteiger partial charge in [0.05, 0.1) is 12.6 Å². The number of nitrogens with one attached hydrogen (secondary N) is 1. The first kappa shape index (κ1) is 15.6. The smallest absolute Gasteiger partial charge is 0.270 e. The lowest BCUT2D eigenvalue weighted by atomic mass is 9.99. The average molecular weight is 335 g/mol. The van der Waals surface area contributed by atoms with E-state index in [0.29, 0.717) is 18.8 Å². The monoisotopic (exact) mass is 335 g/mol. The zero-order valence-corrected chi connectivity index (χ0v) is 14.4. The third-order valence-electron chi connectivity index (χ3n) is 4.61. The molecule has 0 radical (unpaired) electrons. The molecule has 1 amide bonds. The Morgan fingerprint density at radius 1 is 1.16 bits per heavy atom. The molecule has 2 aromatic heterocycles. The molecule has 0 saturated carbocycles. The molecule has 25 heavy (non-hydrogen) atoms. The number of H-pyrrole nitrogens is 1. The first-order valence-electron chi connectivity index (χ1n) is 8.59. The zero-order valence-electron chi connectivity index (χ0n) is 14.4. The van der Waals surface area contributed by atoms with Crippen LogP contribution in [0.25, 0.3) is 11.4 Å². The Morgan fingerprint density at radius 2 is 1.96 bits per heavy atom. The second-order valence-corrected chi connectivity index (χ2v) is 6.65. The Morgan fingerprint density at radius 3 is 2.64 bits per heavy atom. The number of carbonyl (C=O) groups excluding carboxylic acids is 1. The summed E-state index contributed by atoms with van der Waals surface area (Å²) < 4.78 is 1.95. The molecule has 1 aromatic carbocycles. The highest BCUT2D eigenvalue weighted by molar-refractivity contribution is 5.92. The minimum atomic E-state index is -0.0884. The predicted octanol–water partition coefficient (Wildman–Crippen LogP) is 3.13. The summed E-state index contributed by atoms with van der Waals surface area (Å²) in [4.78, 5) is 22.6. The van der Waals surface area contributed by atoms with Crippen LogP contribution < -0.4 is 0 Å². The summed E-state index contributed by atoms with van der Waals surface area (Å²) in [6, 6.07) is 13.5. The van der Waals surface area contributed by atoms with Gasteiger partial charge < -0.3 is 9.88 Å². The lowest BCUT2D eigenvalue weighted by Gasteiger charge is -2.37. The minimum absolute atomic E-state index is 0.0132. The van der Waals surface area contributed by atoms with Crippen LogP contribution in [0.15, 0.2) is 48.7 Å². The number of nitrogens with zero attached hydrogens (tertiary/aromatic N) is 4. The van der Waals surface area contributed by atoms with Gasteiger partial charge in [0.1, 0.15) is 5.69 Å². The van der Waals surface area contributed by atoms with Crippen molar-refractivity contribution in [1.82, 2.24) is 24.6 Å². The van der Waals surface area contributed by atoms with Crippen LogP contribution in [0.1, 0.15) is 36.2 Å². The molecule has 3 aromatic rings. The van der Waals surface area contributed by atoms with Gasteiger partial charge in [-0.05, 0) is 18.1 Å². The number of hydrogen-bond donors (Lipinski definition) is 1. The predicted molar refractivity (Wildman–Crippen MR) is 94.9 cm³/mol. The molecule has 1 aliphatic rings. The van der Waals surface area contributed by atoms with E-state index >= 15 is 0 Å². The van der Waals surface area contributed by atoms with Gasteiger partial charge in [-0.2, -0.15) is 5.10 Å². The maximum Gasteiger partial charge on any atom is 0.270 e. The summed E-state index contributed by atoms with van der Waals surface area (Å²) in [5.74, 6) is 1.83. The van der Waals surface area contributed by atoms with Gasteiger partial charge in [-0.25, -0.2) is 9.67 Å². The molecule has 0 unspecified atom stereocenters. The van der Waals surface area contributed by atoms with E-state index in [1.807, 2.05) is 52.0 Å². The molecule has 4 rings (SSSR count). The first-order chi connectivity index (χ1) is 12.1. The quantitative estimate of drug-likeness (QED) is 0.799. The Kier molecular flexibility index (Phi) is 3.87. The number of carbonyl (C=O) groups is 1. The second kappa shape index (κ2) is 6.20. The van der Waals surface area contributed by atoms with E-state index in [4.69, 9.17) is 4.98 Å². The molecule has 1 N–H and O–H groups in total. The third kappa shape index (κ3) is 2.73. The molecular weight excluding hydrogens is 314 g/mol. The molecule has 0 aliphatic carbocycles. The van der Waals surface area contributed by atoms with Crippen LogP contribution in [-0.4, -0.2) is 37.1 Å². The normalized spacial score (nSPS) is 16.9. The molecule has 0 fully saturated rings. The SMILES string of the molecule is CC(C)[C@H]1c2nc(-c3ccccc3)nn2CCN1C(=O)c1ccc[nH]1. The van der Waals surface area contributed by atoms with Crippen LogP contribution >= 0.6 is 0 Å². The van der Waals surface area contributed by atoms with Gasteiger partial charge in [0.25, 0.3) is 5.91 Å². The maximum atomic E-state index is 12.9. The largest absolute Gasteiger partial charge is 0.357 e. The summed E-state index contributed by atoms with van der Waals surface area (Å²) in [7, 11) is 0. The molecule has 0 bridgehead atoms. The van der Waals surface area contributed by atoms with Gasteiger partial charge in [-0.3, -0.25) is 4.79 Å². The third-order valence-corrected chi connectivity index (χ3v) is 4.61. The summed E-state index contributed by atoms with van der Waals surface area (Å²) in [5, 5.41) is 4.67. The first-order valence-corrected chi connectivity index (χ1v) is 8.59. The summed E-state index contributed by atoms with van der Waals surface area (Å²) in [6.45, 7) is 5.52. The van der Waals surface area contributed by atoms with Crippen LogP contribution in [0.4, 0.5) is 0 Å². The number of hydrogen-bond acceptors (Lipinski definition) is 3. The van der Waals surface area contributed by atoms with Crippen LogP contribution in [0.5, 0.6) is 0 Å². The van der Waals surface area contributed by atoms with Crippen molar-refractivity contribution >= 4 is 5.91 Å². The lowest BCUT2D eigenvalue weighted by Crippen LogP contribution is -2.44. The van der Waals surface area contributed by atoms with E-state index in [0.717, 1.165) is 17.2 Å². The standard InChI is InChI=1S/C19H21N5O/c1-13(2)16-18-21-17(14-7-4-3-5-8-14)22-24(18)12-11-23(16)19(25)15-9-6-10-20-15/h3-10,13,16,20H,11-12H2,1-2H3/t16-/m0/s1. The van der Waals surface area contributed by atoms with E-state index in [1.165, 1.54) is 0 Å². The van der Waals surface area contributed by atoms with Gasteiger partial charge in [0.15, 0.2) is 11.6 Å². The number of aromatic nitrogens is 4. The van der Waals surface area contributed by atoms with E-state index < -0.39 is 0 Å². The highest BCUT2D eigenvalue weighted by Crippen LogP contribution is 2.33. The van der Waals surface area contributed by atoms with Crippen LogP contribution in [-0.2, 0) is 6.54 Å². The number of rotatable bonds is 3. The topological polar surface area (TPSA) is 66.8 Å². The summed E-state index contributed by atoms with van der Waals surface area (Å²) >= 11 is 0. The van der Waals surface area contributed by atoms with Crippen molar-refractivity contribution in [3.8, 4) is 11.4 Å². The zero-order chi connectivity index (χ0) is 17.4. The molecular formula is C19H21N5O. The van der Waals surface area contributed by atoms with Gasteiger partial charge in [-0.15, -0.1) is 0 Å². The van der Waals surface area contributed by atoms with Crippen molar-refractivity contribution in [3.63, 3.8) is 0 Å². The highest BCUT2D eigenvalue weighted by Gasteiger charge is 2.36. The molecule has 128 valence electrons. The Bertz CT molecular complexity index is 867. The molecule has 1 aliphatic heterocycles. The fraction of sp³-hybridized carbons (Fsp3) is 0.316. The second-order valence-electron chi connectivity index (χ2n) is 6.65. The van der Waals surface area contributed by atoms with Crippen molar-refractivity contribution < 1.29 is 4.79 Å². The van der Waals surface area contributed by atoms with E-state index in [1.54, 1.807) is 6.20 Å². The van der Waals surface area contributed by atoms with Crippen LogP contribution in [0, 0.1) is 5.92 Å². The maximum absolute atomic E-state index is 12.9. The Labute approximate surface area is 146 Å². The summed E-state index contributed by atoms with van der Waals surface area (Å²) in [5.41, 5.74) is 1.61. The van der Waals surface area contributed by atoms with Gasteiger partial charge in [-0.1, -0.05) is 44.2 Å². The van der Waals surface area contributed by atoms with Crippen molar-refractivity contribution in [3.05, 3.63) is 60.2 Å². The molecule has 0 saturated heterocycles. The van der Waals surface area contributed by atoms with Gasteiger partial charge >= 0.3 is 0 Å². The van der Waals surface area contributed by atoms with Crippen molar-refractivity contribution in [1.29, 1.82) is 0 Å². The van der Waals surface area contributed by atoms with Crippen molar-refractivity contribution in [2.24, 2.45) is 5.92 Å². The average Bonchev–Trinajstić information content (AvgIpc) is 3.30. The molecule has 0 spiro atoms. The van der Waals surface area contributed by atoms with E-state index in [2.05, 4.69) is 23.9 Å². The highest BCUT2D eigenvalue weighted by atomic mass is 16.2. The van der Waals surface area contributed by atoms with Crippen LogP contribution in [0.3, 0.4) is 0 Å². The number of benzene rings is 1. The fourth-order valence-corrected chi connectivity index (χ4v) is 3.43. The molecule has 6 nitrogen and oxygen atoms in total. The molecule has 3 heterocycles. The van der Waals surface area contributed by atoms with Crippen molar-refractivity contribution in [2.75, 3.05) is 6.54 Å². The molecule has 6 heteroatoms. The fourth-order valence-electron chi connectivity index (χ4n) is 3.43. The lowest BCUT2D eigenvalue weighted by molar-refractivity contribution is 0.0531. The van der Waals surface area contributed by atoms with E-state index in [9.17, 15) is 4.79 Å². The number of fused-ring (bicyclic) bond motifs is 1. The molecule has 1 atom stereocenters. The summed E-state index contributed by atoms with van der Waals surface area (Å²) in [6.07, 6.45) is 1.78. The Hall–Kier alpha value is -2.89.